The number of nitrogens with two attached hydrogens (primary N) is 1. The maximum Gasteiger partial charge on any atom is 0.261 e. The van der Waals surface area contributed by atoms with Crippen LogP contribution in [-0.4, -0.2) is 55.1 Å². The lowest BCUT2D eigenvalue weighted by Crippen LogP contribution is -2.46. The quantitative estimate of drug-likeness (QED) is 0.371. The van der Waals surface area contributed by atoms with Gasteiger partial charge in [-0.2, -0.15) is 0 Å². The Labute approximate surface area is 188 Å². The van der Waals surface area contributed by atoms with Gasteiger partial charge >= 0.3 is 0 Å². The largest absolute Gasteiger partial charge is 0.384 e. The number of amides is 1. The van der Waals surface area contributed by atoms with Gasteiger partial charge in [-0.15, -0.1) is 0 Å². The number of rotatable bonds is 8. The lowest BCUT2D eigenvalue weighted by atomic mass is 10.0. The van der Waals surface area contributed by atoms with E-state index < -0.39 is 0 Å². The summed E-state index contributed by atoms with van der Waals surface area (Å²) in [6.07, 6.45) is 2.45. The monoisotopic (exact) mass is 442 g/mol. The van der Waals surface area contributed by atoms with Crippen LogP contribution in [0, 0.1) is 5.82 Å². The van der Waals surface area contributed by atoms with Gasteiger partial charge in [-0.1, -0.05) is 12.1 Å². The van der Waals surface area contributed by atoms with Crippen molar-refractivity contribution in [3.63, 3.8) is 0 Å². The standard InChI is InChI=1S/C23H31FN6O2/c1-4-23(2,3)27-21(31)16-32-28-22(25)17-5-10-20(26-15-17)30-13-11-29(12-14-30)19-8-6-18(24)7-9-19/h5-10,15H,4,11-14,16H2,1-3H3,(H2,25,28)(H,27,31). The molecule has 32 heavy (non-hydrogen) atoms. The summed E-state index contributed by atoms with van der Waals surface area (Å²) in [4.78, 5) is 25.9. The van der Waals surface area contributed by atoms with Crippen LogP contribution in [0.5, 0.6) is 0 Å². The van der Waals surface area contributed by atoms with Crippen molar-refractivity contribution in [2.75, 3.05) is 42.6 Å². The molecule has 0 radical (unpaired) electrons. The maximum absolute atomic E-state index is 13.1. The molecule has 3 rings (SSSR count). The number of halogens is 1. The SMILES string of the molecule is CCC(C)(C)NC(=O)CO/N=C(\N)c1ccc(N2CCN(c3ccc(F)cc3)CC2)nc1. The Hall–Kier alpha value is -3.36. The molecule has 0 bridgehead atoms. The van der Waals surface area contributed by atoms with Gasteiger partial charge in [0.25, 0.3) is 5.91 Å². The number of hydrogen-bond acceptors (Lipinski definition) is 6. The number of benzene rings is 1. The molecule has 0 saturated carbocycles. The van der Waals surface area contributed by atoms with Crippen molar-refractivity contribution in [2.24, 2.45) is 10.9 Å². The van der Waals surface area contributed by atoms with Gasteiger partial charge in [0.15, 0.2) is 12.4 Å². The fourth-order valence-corrected chi connectivity index (χ4v) is 3.29. The van der Waals surface area contributed by atoms with Gasteiger partial charge in [-0.3, -0.25) is 4.79 Å². The summed E-state index contributed by atoms with van der Waals surface area (Å²) in [6, 6.07) is 10.3. The molecular weight excluding hydrogens is 411 g/mol. The Morgan fingerprint density at radius 2 is 1.81 bits per heavy atom. The minimum atomic E-state index is -0.292. The fourth-order valence-electron chi connectivity index (χ4n) is 3.29. The number of oxime groups is 1. The first-order valence-electron chi connectivity index (χ1n) is 10.8. The molecule has 0 unspecified atom stereocenters. The van der Waals surface area contributed by atoms with E-state index in [9.17, 15) is 9.18 Å². The van der Waals surface area contributed by atoms with Crippen molar-refractivity contribution >= 4 is 23.2 Å². The molecule has 3 N–H and O–H groups in total. The Morgan fingerprint density at radius 3 is 2.41 bits per heavy atom. The molecule has 1 fully saturated rings. The zero-order valence-corrected chi connectivity index (χ0v) is 18.8. The highest BCUT2D eigenvalue weighted by molar-refractivity contribution is 5.97. The van der Waals surface area contributed by atoms with Crippen LogP contribution in [0.2, 0.25) is 0 Å². The van der Waals surface area contributed by atoms with Crippen molar-refractivity contribution in [1.29, 1.82) is 0 Å². The summed E-state index contributed by atoms with van der Waals surface area (Å²) >= 11 is 0. The predicted molar refractivity (Wildman–Crippen MR) is 124 cm³/mol. The van der Waals surface area contributed by atoms with Crippen LogP contribution in [0.1, 0.15) is 32.8 Å². The molecule has 1 aliphatic heterocycles. The van der Waals surface area contributed by atoms with Crippen LogP contribution in [-0.2, 0) is 9.63 Å². The zero-order chi connectivity index (χ0) is 23.1. The summed E-state index contributed by atoms with van der Waals surface area (Å²) in [5, 5.41) is 6.70. The van der Waals surface area contributed by atoms with E-state index in [1.54, 1.807) is 18.3 Å². The Morgan fingerprint density at radius 1 is 1.16 bits per heavy atom. The van der Waals surface area contributed by atoms with Crippen molar-refractivity contribution in [2.45, 2.75) is 32.7 Å². The number of anilines is 2. The molecule has 0 spiro atoms. The molecule has 9 heteroatoms. The fraction of sp³-hybridized carbons (Fsp3) is 0.435. The molecule has 0 atom stereocenters. The summed E-state index contributed by atoms with van der Waals surface area (Å²) in [5.41, 5.74) is 7.31. The lowest BCUT2D eigenvalue weighted by Gasteiger charge is -2.36. The van der Waals surface area contributed by atoms with Crippen LogP contribution >= 0.6 is 0 Å². The average molecular weight is 443 g/mol. The number of aromatic nitrogens is 1. The summed E-state index contributed by atoms with van der Waals surface area (Å²) in [6.45, 7) is 8.94. The summed E-state index contributed by atoms with van der Waals surface area (Å²) < 4.78 is 13.1. The van der Waals surface area contributed by atoms with Crippen LogP contribution in [0.25, 0.3) is 0 Å². The summed E-state index contributed by atoms with van der Waals surface area (Å²) in [7, 11) is 0. The van der Waals surface area contributed by atoms with Crippen molar-refractivity contribution in [3.05, 3.63) is 54.0 Å². The number of nitrogens with zero attached hydrogens (tertiary/aromatic N) is 4. The van der Waals surface area contributed by atoms with E-state index >= 15 is 0 Å². The Kier molecular flexibility index (Phi) is 7.50. The van der Waals surface area contributed by atoms with Gasteiger partial charge in [0.05, 0.1) is 0 Å². The highest BCUT2D eigenvalue weighted by Crippen LogP contribution is 2.20. The number of amidine groups is 1. The van der Waals surface area contributed by atoms with Crippen LogP contribution in [0.15, 0.2) is 47.8 Å². The van der Waals surface area contributed by atoms with Crippen molar-refractivity contribution in [3.8, 4) is 0 Å². The molecule has 172 valence electrons. The third-order valence-electron chi connectivity index (χ3n) is 5.56. The molecule has 2 aromatic rings. The highest BCUT2D eigenvalue weighted by Gasteiger charge is 2.19. The van der Waals surface area contributed by atoms with E-state index in [4.69, 9.17) is 10.6 Å². The minimum Gasteiger partial charge on any atom is -0.384 e. The summed E-state index contributed by atoms with van der Waals surface area (Å²) in [5.74, 6) is 0.533. The van der Waals surface area contributed by atoms with Gasteiger partial charge in [0, 0.05) is 49.2 Å². The molecule has 0 aliphatic carbocycles. The number of hydrogen-bond donors (Lipinski definition) is 2. The molecule has 2 heterocycles. The van der Waals surface area contributed by atoms with Crippen LogP contribution < -0.4 is 20.9 Å². The number of carbonyl (C=O) groups excluding carboxylic acids is 1. The second-order valence-corrected chi connectivity index (χ2v) is 8.39. The van der Waals surface area contributed by atoms with E-state index in [2.05, 4.69) is 25.3 Å². The average Bonchev–Trinajstić information content (AvgIpc) is 2.79. The van der Waals surface area contributed by atoms with Gasteiger partial charge < -0.3 is 25.7 Å². The van der Waals surface area contributed by atoms with E-state index in [0.717, 1.165) is 44.1 Å². The normalized spacial score (nSPS) is 14.9. The smallest absolute Gasteiger partial charge is 0.261 e. The second kappa shape index (κ2) is 10.3. The van der Waals surface area contributed by atoms with E-state index in [0.29, 0.717) is 5.56 Å². The molecule has 1 aromatic carbocycles. The van der Waals surface area contributed by atoms with E-state index in [1.165, 1.54) is 12.1 Å². The van der Waals surface area contributed by atoms with Crippen LogP contribution in [0.3, 0.4) is 0 Å². The van der Waals surface area contributed by atoms with Crippen molar-refractivity contribution < 1.29 is 14.0 Å². The molecule has 1 amide bonds. The minimum absolute atomic E-state index is 0.160. The van der Waals surface area contributed by atoms with E-state index in [1.807, 2.05) is 32.9 Å². The van der Waals surface area contributed by atoms with Gasteiger partial charge in [0.2, 0.25) is 0 Å². The number of nitrogens with one attached hydrogen (secondary N) is 1. The molecule has 1 aromatic heterocycles. The highest BCUT2D eigenvalue weighted by atomic mass is 19.1. The third-order valence-corrected chi connectivity index (χ3v) is 5.56. The number of pyridine rings is 1. The number of piperazine rings is 1. The molecule has 1 saturated heterocycles. The van der Waals surface area contributed by atoms with E-state index in [-0.39, 0.29) is 29.7 Å². The van der Waals surface area contributed by atoms with Gasteiger partial charge in [-0.05, 0) is 56.7 Å². The first-order valence-corrected chi connectivity index (χ1v) is 10.8. The van der Waals surface area contributed by atoms with Crippen LogP contribution in [0.4, 0.5) is 15.9 Å². The third kappa shape index (κ3) is 6.32. The first kappa shape index (κ1) is 23.3. The topological polar surface area (TPSA) is 96.1 Å². The van der Waals surface area contributed by atoms with Gasteiger partial charge in [0.1, 0.15) is 11.6 Å². The number of carbonyl (C=O) groups is 1. The molecular formula is C23H31FN6O2. The zero-order valence-electron chi connectivity index (χ0n) is 18.8. The Balaban J connectivity index is 1.49. The second-order valence-electron chi connectivity index (χ2n) is 8.39. The molecule has 8 nitrogen and oxygen atoms in total. The van der Waals surface area contributed by atoms with Crippen molar-refractivity contribution in [1.82, 2.24) is 10.3 Å². The van der Waals surface area contributed by atoms with Gasteiger partial charge in [-0.25, -0.2) is 9.37 Å². The maximum atomic E-state index is 13.1. The molecule has 1 aliphatic rings. The predicted octanol–water partition coefficient (Wildman–Crippen LogP) is 2.49. The lowest BCUT2D eigenvalue weighted by molar-refractivity contribution is -0.127. The Bertz CT molecular complexity index is 923. The first-order chi connectivity index (χ1) is 15.3.